The molecule has 0 aromatic heterocycles. The van der Waals surface area contributed by atoms with Gasteiger partial charge in [-0.25, -0.2) is 8.42 Å². The van der Waals surface area contributed by atoms with Crippen LogP contribution < -0.4 is 10.0 Å². The predicted octanol–water partition coefficient (Wildman–Crippen LogP) is 1.91. The van der Waals surface area contributed by atoms with Crippen molar-refractivity contribution in [3.8, 4) is 0 Å². The summed E-state index contributed by atoms with van der Waals surface area (Å²) >= 11 is 0. The number of piperidine rings is 1. The second-order valence-corrected chi connectivity index (χ2v) is 8.36. The Balaban J connectivity index is 1.72. The minimum Gasteiger partial charge on any atom is -0.352 e. The first-order valence-corrected chi connectivity index (χ1v) is 10.3. The van der Waals surface area contributed by atoms with Crippen LogP contribution in [0.4, 0.5) is 5.69 Å². The highest BCUT2D eigenvalue weighted by Gasteiger charge is 2.15. The van der Waals surface area contributed by atoms with Gasteiger partial charge in [-0.3, -0.25) is 9.52 Å². The summed E-state index contributed by atoms with van der Waals surface area (Å²) < 4.78 is 24.7. The molecule has 0 saturated carbocycles. The third-order valence-corrected chi connectivity index (χ3v) is 4.73. The first-order valence-electron chi connectivity index (χ1n) is 8.42. The fourth-order valence-corrected chi connectivity index (χ4v) is 3.56. The summed E-state index contributed by atoms with van der Waals surface area (Å²) in [6.45, 7) is 6.26. The van der Waals surface area contributed by atoms with E-state index >= 15 is 0 Å². The van der Waals surface area contributed by atoms with Crippen molar-refractivity contribution in [2.75, 3.05) is 37.2 Å². The molecule has 1 heterocycles. The van der Waals surface area contributed by atoms with Gasteiger partial charge < -0.3 is 10.2 Å². The van der Waals surface area contributed by atoms with E-state index in [2.05, 4.69) is 21.9 Å². The lowest BCUT2D eigenvalue weighted by Gasteiger charge is -2.30. The van der Waals surface area contributed by atoms with E-state index in [4.69, 9.17) is 0 Å². The van der Waals surface area contributed by atoms with Gasteiger partial charge in [0, 0.05) is 24.3 Å². The zero-order chi connectivity index (χ0) is 17.6. The summed E-state index contributed by atoms with van der Waals surface area (Å²) in [5.74, 6) is 0.639. The molecule has 0 spiro atoms. The maximum atomic E-state index is 12.1. The third-order valence-electron chi connectivity index (χ3n) is 4.13. The number of hydrogen-bond acceptors (Lipinski definition) is 4. The lowest BCUT2D eigenvalue weighted by molar-refractivity contribution is 0.0950. The number of amides is 1. The maximum Gasteiger partial charge on any atom is 0.251 e. The average molecular weight is 353 g/mol. The van der Waals surface area contributed by atoms with Gasteiger partial charge in [0.15, 0.2) is 0 Å². The Morgan fingerprint density at radius 1 is 1.29 bits per heavy atom. The van der Waals surface area contributed by atoms with Gasteiger partial charge in [-0.1, -0.05) is 6.92 Å². The van der Waals surface area contributed by atoms with E-state index in [1.807, 2.05) is 0 Å². The van der Waals surface area contributed by atoms with Crippen LogP contribution in [0.15, 0.2) is 24.3 Å². The SMILES string of the molecule is CC1CCCN(CCCNC(=O)c2ccc(NS(C)(=O)=O)cc2)C1. The van der Waals surface area contributed by atoms with Crippen LogP contribution >= 0.6 is 0 Å². The standard InChI is InChI=1S/C17H27N3O3S/c1-14-5-3-11-20(13-14)12-4-10-18-17(21)15-6-8-16(9-7-15)19-24(2,22)23/h6-9,14,19H,3-5,10-13H2,1-2H3,(H,18,21). The van der Waals surface area contributed by atoms with Crippen molar-refractivity contribution in [3.63, 3.8) is 0 Å². The number of carbonyl (C=O) groups excluding carboxylic acids is 1. The van der Waals surface area contributed by atoms with Crippen LogP contribution in [0, 0.1) is 5.92 Å². The molecule has 1 fully saturated rings. The lowest BCUT2D eigenvalue weighted by atomic mass is 10.0. The number of benzene rings is 1. The van der Waals surface area contributed by atoms with Crippen LogP contribution in [-0.2, 0) is 10.0 Å². The minimum absolute atomic E-state index is 0.132. The van der Waals surface area contributed by atoms with Gasteiger partial charge >= 0.3 is 0 Å². The third kappa shape index (κ3) is 6.49. The molecule has 1 amide bonds. The van der Waals surface area contributed by atoms with Crippen molar-refractivity contribution in [1.82, 2.24) is 10.2 Å². The Hall–Kier alpha value is -1.60. The lowest BCUT2D eigenvalue weighted by Crippen LogP contribution is -2.36. The Labute approximate surface area is 144 Å². The first-order chi connectivity index (χ1) is 11.3. The zero-order valence-electron chi connectivity index (χ0n) is 14.4. The first kappa shape index (κ1) is 18.7. The highest BCUT2D eigenvalue weighted by atomic mass is 32.2. The number of nitrogens with zero attached hydrogens (tertiary/aromatic N) is 1. The fraction of sp³-hybridized carbons (Fsp3) is 0.588. The molecular weight excluding hydrogens is 326 g/mol. The average Bonchev–Trinajstić information content (AvgIpc) is 2.50. The largest absolute Gasteiger partial charge is 0.352 e. The van der Waals surface area contributed by atoms with Gasteiger partial charge in [0.1, 0.15) is 0 Å². The summed E-state index contributed by atoms with van der Waals surface area (Å²) in [6.07, 6.45) is 4.61. The molecule has 6 nitrogen and oxygen atoms in total. The Morgan fingerprint density at radius 2 is 2.00 bits per heavy atom. The normalized spacial score (nSPS) is 19.0. The van der Waals surface area contributed by atoms with Crippen LogP contribution in [0.5, 0.6) is 0 Å². The van der Waals surface area contributed by atoms with Gasteiger partial charge in [-0.15, -0.1) is 0 Å². The van der Waals surface area contributed by atoms with E-state index in [0.717, 1.165) is 38.2 Å². The molecule has 1 saturated heterocycles. The molecule has 1 aromatic rings. The Bertz CT molecular complexity index is 644. The van der Waals surface area contributed by atoms with Crippen LogP contribution in [0.3, 0.4) is 0 Å². The fourth-order valence-electron chi connectivity index (χ4n) is 3.00. The number of likely N-dealkylation sites (tertiary alicyclic amines) is 1. The van der Waals surface area contributed by atoms with Crippen LogP contribution in [-0.4, -0.2) is 51.7 Å². The highest BCUT2D eigenvalue weighted by Crippen LogP contribution is 2.15. The topological polar surface area (TPSA) is 78.5 Å². The van der Waals surface area contributed by atoms with Gasteiger partial charge in [0.25, 0.3) is 5.91 Å². The van der Waals surface area contributed by atoms with Gasteiger partial charge in [0.05, 0.1) is 6.26 Å². The smallest absolute Gasteiger partial charge is 0.251 e. The molecule has 1 atom stereocenters. The van der Waals surface area contributed by atoms with Crippen LogP contribution in [0.1, 0.15) is 36.5 Å². The van der Waals surface area contributed by atoms with E-state index in [-0.39, 0.29) is 5.91 Å². The molecule has 2 rings (SSSR count). The molecule has 0 bridgehead atoms. The van der Waals surface area contributed by atoms with E-state index in [1.54, 1.807) is 24.3 Å². The summed E-state index contributed by atoms with van der Waals surface area (Å²) in [7, 11) is -3.30. The molecule has 24 heavy (non-hydrogen) atoms. The number of sulfonamides is 1. The Kier molecular flexibility index (Phi) is 6.62. The van der Waals surface area contributed by atoms with Gasteiger partial charge in [-0.05, 0) is 62.5 Å². The summed E-state index contributed by atoms with van der Waals surface area (Å²) in [5.41, 5.74) is 0.980. The number of hydrogen-bond donors (Lipinski definition) is 2. The van der Waals surface area contributed by atoms with Crippen LogP contribution in [0.2, 0.25) is 0 Å². The van der Waals surface area contributed by atoms with Crippen molar-refractivity contribution in [2.45, 2.75) is 26.2 Å². The predicted molar refractivity (Wildman–Crippen MR) is 96.7 cm³/mol. The van der Waals surface area contributed by atoms with E-state index in [9.17, 15) is 13.2 Å². The van der Waals surface area contributed by atoms with E-state index in [0.29, 0.717) is 17.8 Å². The molecule has 1 aliphatic rings. The monoisotopic (exact) mass is 353 g/mol. The molecule has 7 heteroatoms. The minimum atomic E-state index is -3.30. The van der Waals surface area contributed by atoms with E-state index in [1.165, 1.54) is 12.8 Å². The highest BCUT2D eigenvalue weighted by molar-refractivity contribution is 7.92. The number of nitrogens with one attached hydrogen (secondary N) is 2. The quantitative estimate of drug-likeness (QED) is 0.734. The number of carbonyl (C=O) groups is 1. The van der Waals surface area contributed by atoms with Crippen molar-refractivity contribution in [2.24, 2.45) is 5.92 Å². The second kappa shape index (κ2) is 8.48. The molecule has 0 radical (unpaired) electrons. The maximum absolute atomic E-state index is 12.1. The molecule has 2 N–H and O–H groups in total. The zero-order valence-corrected chi connectivity index (χ0v) is 15.2. The second-order valence-electron chi connectivity index (χ2n) is 6.61. The van der Waals surface area contributed by atoms with Crippen LogP contribution in [0.25, 0.3) is 0 Å². The summed E-state index contributed by atoms with van der Waals surface area (Å²) in [6, 6.07) is 6.42. The molecule has 1 unspecified atom stereocenters. The van der Waals surface area contributed by atoms with Gasteiger partial charge in [0.2, 0.25) is 10.0 Å². The van der Waals surface area contributed by atoms with Crippen molar-refractivity contribution < 1.29 is 13.2 Å². The van der Waals surface area contributed by atoms with Crippen molar-refractivity contribution >= 4 is 21.6 Å². The number of rotatable bonds is 7. The molecule has 1 aromatic carbocycles. The summed E-state index contributed by atoms with van der Waals surface area (Å²) in [5, 5.41) is 2.91. The molecule has 0 aliphatic carbocycles. The molecule has 134 valence electrons. The van der Waals surface area contributed by atoms with Crippen molar-refractivity contribution in [3.05, 3.63) is 29.8 Å². The van der Waals surface area contributed by atoms with Gasteiger partial charge in [-0.2, -0.15) is 0 Å². The molecule has 1 aliphatic heterocycles. The number of anilines is 1. The molecular formula is C17H27N3O3S. The summed E-state index contributed by atoms with van der Waals surface area (Å²) in [4.78, 5) is 14.5. The van der Waals surface area contributed by atoms with Crippen molar-refractivity contribution in [1.29, 1.82) is 0 Å². The Morgan fingerprint density at radius 3 is 2.62 bits per heavy atom. The van der Waals surface area contributed by atoms with E-state index < -0.39 is 10.0 Å².